The molecule has 0 saturated carbocycles. The van der Waals surface area contributed by atoms with Crippen LogP contribution in [0.25, 0.3) is 0 Å². The number of methoxy groups -OCH3 is 1. The summed E-state index contributed by atoms with van der Waals surface area (Å²) in [5.74, 6) is 6.88. The van der Waals surface area contributed by atoms with E-state index in [9.17, 15) is 4.79 Å². The Labute approximate surface area is 102 Å². The Bertz CT molecular complexity index is 396. The summed E-state index contributed by atoms with van der Waals surface area (Å²) in [5.41, 5.74) is 0.750. The number of nitrogens with zero attached hydrogens (tertiary/aromatic N) is 1. The van der Waals surface area contributed by atoms with E-state index in [2.05, 4.69) is 0 Å². The van der Waals surface area contributed by atoms with Crippen molar-refractivity contribution in [1.82, 2.24) is 0 Å². The number of benzene rings is 1. The minimum absolute atomic E-state index is 0.182. The second kappa shape index (κ2) is 4.85. The molecule has 0 unspecified atom stereocenters. The Kier molecular flexibility index (Phi) is 3.45. The quantitative estimate of drug-likeness (QED) is 0.350. The van der Waals surface area contributed by atoms with Gasteiger partial charge in [0.25, 0.3) is 0 Å². The molecule has 92 valence electrons. The number of rotatable bonds is 6. The van der Waals surface area contributed by atoms with Crippen molar-refractivity contribution in [2.75, 3.05) is 26.7 Å². The predicted molar refractivity (Wildman–Crippen MR) is 65.6 cm³/mol. The zero-order chi connectivity index (χ0) is 12.3. The second-order valence-corrected chi connectivity index (χ2v) is 4.64. The Morgan fingerprint density at radius 1 is 1.35 bits per heavy atom. The molecule has 0 spiro atoms. The zero-order valence-corrected chi connectivity index (χ0v) is 10.2. The molecule has 1 heterocycles. The maximum absolute atomic E-state index is 11.9. The van der Waals surface area contributed by atoms with Crippen molar-refractivity contribution in [2.24, 2.45) is 5.84 Å². The summed E-state index contributed by atoms with van der Waals surface area (Å²) in [5, 5.41) is 0. The number of quaternary nitrogens is 1. The number of carbonyl (C=O) groups excluding carboxylic acids is 1. The van der Waals surface area contributed by atoms with Gasteiger partial charge in [0.1, 0.15) is 18.8 Å². The largest absolute Gasteiger partial charge is 0.497 e. The topological polar surface area (TPSA) is 52.3 Å². The van der Waals surface area contributed by atoms with E-state index < -0.39 is 0 Å². The van der Waals surface area contributed by atoms with Gasteiger partial charge < -0.3 is 4.74 Å². The first-order valence-electron chi connectivity index (χ1n) is 5.95. The molecule has 4 nitrogen and oxygen atoms in total. The molecule has 2 rings (SSSR count). The van der Waals surface area contributed by atoms with Crippen LogP contribution in [0.2, 0.25) is 0 Å². The first kappa shape index (κ1) is 12.1. The highest BCUT2D eigenvalue weighted by atomic mass is 16.5. The van der Waals surface area contributed by atoms with Crippen LogP contribution in [0.15, 0.2) is 24.3 Å². The van der Waals surface area contributed by atoms with Crippen LogP contribution < -0.4 is 10.6 Å². The maximum Gasteiger partial charge on any atom is 0.163 e. The minimum atomic E-state index is 0.182. The molecule has 0 aliphatic carbocycles. The molecule has 0 aromatic heterocycles. The summed E-state index contributed by atoms with van der Waals surface area (Å²) in [6.07, 6.45) is 1.44. The standard InChI is InChI=1S/C13H19N2O2/c1-17-12-6-4-11(5-7-12)13(16)3-2-8-15(14)9-10-15/h4-7H,2-3,8-10,14H2,1H3/q+1. The molecular formula is C13H19N2O2+. The Hall–Kier alpha value is -1.39. The van der Waals surface area contributed by atoms with Gasteiger partial charge >= 0.3 is 0 Å². The van der Waals surface area contributed by atoms with E-state index in [-0.39, 0.29) is 5.78 Å². The third-order valence-corrected chi connectivity index (χ3v) is 3.22. The SMILES string of the molecule is COc1ccc(C(=O)CCC[N+]2(N)CC2)cc1. The first-order chi connectivity index (χ1) is 8.13. The van der Waals surface area contributed by atoms with Gasteiger partial charge in [0.15, 0.2) is 5.78 Å². The number of nitrogens with two attached hydrogens (primary N) is 1. The van der Waals surface area contributed by atoms with Crippen LogP contribution in [-0.4, -0.2) is 37.1 Å². The summed E-state index contributed by atoms with van der Waals surface area (Å²) in [7, 11) is 1.62. The average molecular weight is 235 g/mol. The molecular weight excluding hydrogens is 216 g/mol. The maximum atomic E-state index is 11.9. The molecule has 0 radical (unpaired) electrons. The average Bonchev–Trinajstić information content (AvgIpc) is 3.07. The van der Waals surface area contributed by atoms with Gasteiger partial charge in [0.2, 0.25) is 0 Å². The van der Waals surface area contributed by atoms with Crippen LogP contribution in [0.5, 0.6) is 5.75 Å². The van der Waals surface area contributed by atoms with Crippen molar-refractivity contribution in [1.29, 1.82) is 0 Å². The predicted octanol–water partition coefficient (Wildman–Crippen LogP) is 1.36. The molecule has 17 heavy (non-hydrogen) atoms. The smallest absolute Gasteiger partial charge is 0.163 e. The molecule has 1 saturated heterocycles. The van der Waals surface area contributed by atoms with Crippen LogP contribution in [0.1, 0.15) is 23.2 Å². The van der Waals surface area contributed by atoms with E-state index in [0.29, 0.717) is 11.0 Å². The zero-order valence-electron chi connectivity index (χ0n) is 10.2. The summed E-state index contributed by atoms with van der Waals surface area (Å²) >= 11 is 0. The number of ether oxygens (including phenoxy) is 1. The number of Topliss-reactive ketones (excluding diaryl/α,β-unsaturated/α-hetero) is 1. The third-order valence-electron chi connectivity index (χ3n) is 3.22. The summed E-state index contributed by atoms with van der Waals surface area (Å²) < 4.78 is 5.70. The molecule has 0 atom stereocenters. The fourth-order valence-electron chi connectivity index (χ4n) is 1.83. The lowest BCUT2D eigenvalue weighted by molar-refractivity contribution is -0.812. The highest BCUT2D eigenvalue weighted by Crippen LogP contribution is 2.16. The van der Waals surface area contributed by atoms with E-state index in [0.717, 1.165) is 37.4 Å². The number of hydrogen-bond acceptors (Lipinski definition) is 3. The van der Waals surface area contributed by atoms with Crippen molar-refractivity contribution in [3.8, 4) is 5.75 Å². The van der Waals surface area contributed by atoms with Gasteiger partial charge in [-0.2, -0.15) is 5.84 Å². The molecule has 1 aliphatic rings. The Morgan fingerprint density at radius 3 is 2.53 bits per heavy atom. The highest BCUT2D eigenvalue weighted by molar-refractivity contribution is 5.96. The molecule has 1 aromatic carbocycles. The van der Waals surface area contributed by atoms with E-state index >= 15 is 0 Å². The number of carbonyl (C=O) groups is 1. The van der Waals surface area contributed by atoms with Crippen molar-refractivity contribution in [3.05, 3.63) is 29.8 Å². The normalized spacial score (nSPS) is 16.6. The summed E-state index contributed by atoms with van der Waals surface area (Å²) in [4.78, 5) is 11.9. The van der Waals surface area contributed by atoms with E-state index in [1.807, 2.05) is 24.3 Å². The van der Waals surface area contributed by atoms with Gasteiger partial charge in [-0.15, -0.1) is 0 Å². The van der Waals surface area contributed by atoms with Crippen LogP contribution in [0.3, 0.4) is 0 Å². The fraction of sp³-hybridized carbons (Fsp3) is 0.462. The van der Waals surface area contributed by atoms with Gasteiger partial charge in [-0.25, -0.2) is 4.59 Å². The second-order valence-electron chi connectivity index (χ2n) is 4.64. The fourth-order valence-corrected chi connectivity index (χ4v) is 1.83. The van der Waals surface area contributed by atoms with Crippen LogP contribution in [0.4, 0.5) is 0 Å². The molecule has 1 aromatic rings. The lowest BCUT2D eigenvalue weighted by atomic mass is 10.1. The minimum Gasteiger partial charge on any atom is -0.497 e. The molecule has 4 heteroatoms. The third kappa shape index (κ3) is 3.28. The highest BCUT2D eigenvalue weighted by Gasteiger charge is 2.38. The van der Waals surface area contributed by atoms with Gasteiger partial charge in [-0.1, -0.05) is 0 Å². The molecule has 0 amide bonds. The van der Waals surface area contributed by atoms with E-state index in [1.165, 1.54) is 0 Å². The van der Waals surface area contributed by atoms with Crippen molar-refractivity contribution < 1.29 is 14.1 Å². The lowest BCUT2D eigenvalue weighted by Crippen LogP contribution is -2.35. The summed E-state index contributed by atoms with van der Waals surface area (Å²) in [6.45, 7) is 3.01. The van der Waals surface area contributed by atoms with Gasteiger partial charge in [-0.3, -0.25) is 4.79 Å². The lowest BCUT2D eigenvalue weighted by Gasteiger charge is -2.09. The van der Waals surface area contributed by atoms with Gasteiger partial charge in [0.05, 0.1) is 13.7 Å². The van der Waals surface area contributed by atoms with Crippen LogP contribution >= 0.6 is 0 Å². The van der Waals surface area contributed by atoms with E-state index in [4.69, 9.17) is 10.6 Å². The number of hydrogen-bond donors (Lipinski definition) is 1. The first-order valence-corrected chi connectivity index (χ1v) is 5.95. The van der Waals surface area contributed by atoms with Crippen LogP contribution in [-0.2, 0) is 0 Å². The van der Waals surface area contributed by atoms with E-state index in [1.54, 1.807) is 7.11 Å². The Morgan fingerprint density at radius 2 is 2.00 bits per heavy atom. The van der Waals surface area contributed by atoms with Crippen molar-refractivity contribution in [2.45, 2.75) is 12.8 Å². The monoisotopic (exact) mass is 235 g/mol. The molecule has 1 aliphatic heterocycles. The van der Waals surface area contributed by atoms with Crippen LogP contribution in [0, 0.1) is 0 Å². The van der Waals surface area contributed by atoms with Gasteiger partial charge in [0, 0.05) is 18.4 Å². The van der Waals surface area contributed by atoms with Crippen molar-refractivity contribution in [3.63, 3.8) is 0 Å². The van der Waals surface area contributed by atoms with Crippen molar-refractivity contribution >= 4 is 5.78 Å². The summed E-state index contributed by atoms with van der Waals surface area (Å²) in [6, 6.07) is 7.25. The molecule has 0 bridgehead atoms. The molecule has 1 fully saturated rings. The molecule has 2 N–H and O–H groups in total. The number of ketones is 1. The van der Waals surface area contributed by atoms with Gasteiger partial charge in [-0.05, 0) is 24.3 Å². The Balaban J connectivity index is 1.81.